The molecular formula is C9H18N2O2. The number of urea groups is 1. The van der Waals surface area contributed by atoms with Gasteiger partial charge in [0, 0.05) is 13.1 Å². The van der Waals surface area contributed by atoms with Gasteiger partial charge >= 0.3 is 6.03 Å². The van der Waals surface area contributed by atoms with Gasteiger partial charge in [0.1, 0.15) is 0 Å². The average Bonchev–Trinajstić information content (AvgIpc) is 2.42. The lowest BCUT2D eigenvalue weighted by Crippen LogP contribution is -2.39. The Morgan fingerprint density at radius 1 is 1.62 bits per heavy atom. The molecule has 1 saturated heterocycles. The van der Waals surface area contributed by atoms with Crippen LogP contribution in [0.1, 0.15) is 27.2 Å². The van der Waals surface area contributed by atoms with Crippen molar-refractivity contribution in [3.8, 4) is 0 Å². The van der Waals surface area contributed by atoms with Crippen molar-refractivity contribution in [2.24, 2.45) is 5.41 Å². The molecular weight excluding hydrogens is 168 g/mol. The molecule has 1 rings (SSSR count). The Balaban J connectivity index is 2.33. The topological polar surface area (TPSA) is 41.6 Å². The van der Waals surface area contributed by atoms with E-state index in [2.05, 4.69) is 19.3 Å². The Kier molecular flexibility index (Phi) is 3.14. The molecule has 0 radical (unpaired) electrons. The van der Waals surface area contributed by atoms with E-state index in [1.807, 2.05) is 6.92 Å². The first-order chi connectivity index (χ1) is 6.05. The van der Waals surface area contributed by atoms with Gasteiger partial charge < -0.3 is 4.90 Å². The number of hydrogen-bond donors (Lipinski definition) is 1. The Morgan fingerprint density at radius 2 is 2.31 bits per heavy atom. The first-order valence-electron chi connectivity index (χ1n) is 4.72. The van der Waals surface area contributed by atoms with Gasteiger partial charge in [-0.15, -0.1) is 0 Å². The zero-order valence-corrected chi connectivity index (χ0v) is 8.59. The number of nitrogens with one attached hydrogen (secondary N) is 1. The fourth-order valence-corrected chi connectivity index (χ4v) is 1.48. The summed E-state index contributed by atoms with van der Waals surface area (Å²) in [5.41, 5.74) is 2.65. The minimum absolute atomic E-state index is 0.118. The Hall–Kier alpha value is -0.770. The summed E-state index contributed by atoms with van der Waals surface area (Å²) in [6, 6.07) is -0.118. The molecule has 1 aliphatic heterocycles. The largest absolute Gasteiger partial charge is 0.341 e. The summed E-state index contributed by atoms with van der Waals surface area (Å²) in [6.45, 7) is 8.32. The standard InChI is InChI=1S/C9H18N2O2/c1-4-13-10-8(12)11-6-5-9(2,3)7-11/h4-7H2,1-3H3,(H,10,12). The minimum Gasteiger partial charge on any atom is -0.322 e. The van der Waals surface area contributed by atoms with Gasteiger partial charge in [-0.1, -0.05) is 13.8 Å². The molecule has 0 aromatic carbocycles. The molecule has 0 atom stereocenters. The molecule has 0 aromatic rings. The lowest BCUT2D eigenvalue weighted by Gasteiger charge is -2.19. The second kappa shape index (κ2) is 3.96. The van der Waals surface area contributed by atoms with Crippen molar-refractivity contribution in [2.45, 2.75) is 27.2 Å². The quantitative estimate of drug-likeness (QED) is 0.662. The molecule has 1 heterocycles. The molecule has 0 saturated carbocycles. The zero-order chi connectivity index (χ0) is 9.90. The van der Waals surface area contributed by atoms with Crippen LogP contribution in [0.2, 0.25) is 0 Å². The number of rotatable bonds is 2. The van der Waals surface area contributed by atoms with Crippen molar-refractivity contribution >= 4 is 6.03 Å². The molecule has 0 unspecified atom stereocenters. The molecule has 0 aliphatic carbocycles. The maximum atomic E-state index is 11.4. The lowest BCUT2D eigenvalue weighted by molar-refractivity contribution is 0.0574. The fraction of sp³-hybridized carbons (Fsp3) is 0.889. The van der Waals surface area contributed by atoms with E-state index in [1.165, 1.54) is 0 Å². The van der Waals surface area contributed by atoms with Gasteiger partial charge in [0.15, 0.2) is 0 Å². The van der Waals surface area contributed by atoms with E-state index in [-0.39, 0.29) is 11.4 Å². The number of carbonyl (C=O) groups is 1. The molecule has 2 amide bonds. The zero-order valence-electron chi connectivity index (χ0n) is 8.59. The molecule has 1 aliphatic rings. The van der Waals surface area contributed by atoms with Crippen molar-refractivity contribution in [3.63, 3.8) is 0 Å². The van der Waals surface area contributed by atoms with Crippen LogP contribution in [0.25, 0.3) is 0 Å². The van der Waals surface area contributed by atoms with Crippen molar-refractivity contribution < 1.29 is 9.63 Å². The van der Waals surface area contributed by atoms with Gasteiger partial charge in [-0.25, -0.2) is 10.3 Å². The molecule has 4 heteroatoms. The highest BCUT2D eigenvalue weighted by atomic mass is 16.7. The molecule has 0 aromatic heterocycles. The van der Waals surface area contributed by atoms with E-state index in [0.29, 0.717) is 6.61 Å². The van der Waals surface area contributed by atoms with E-state index < -0.39 is 0 Å². The van der Waals surface area contributed by atoms with Crippen LogP contribution in [0.4, 0.5) is 4.79 Å². The lowest BCUT2D eigenvalue weighted by atomic mass is 9.93. The molecule has 1 N–H and O–H groups in total. The van der Waals surface area contributed by atoms with Gasteiger partial charge in [-0.05, 0) is 18.8 Å². The van der Waals surface area contributed by atoms with Crippen LogP contribution in [0.5, 0.6) is 0 Å². The number of hydroxylamine groups is 1. The number of hydrogen-bond acceptors (Lipinski definition) is 2. The second-order valence-corrected chi connectivity index (χ2v) is 4.18. The summed E-state index contributed by atoms with van der Waals surface area (Å²) in [6.07, 6.45) is 1.06. The monoisotopic (exact) mass is 186 g/mol. The van der Waals surface area contributed by atoms with Gasteiger partial charge in [-0.3, -0.25) is 4.84 Å². The Bertz CT molecular complexity index is 192. The third kappa shape index (κ3) is 2.88. The summed E-state index contributed by atoms with van der Waals surface area (Å²) in [5, 5.41) is 0. The molecule has 13 heavy (non-hydrogen) atoms. The van der Waals surface area contributed by atoms with Gasteiger partial charge in [0.25, 0.3) is 0 Å². The van der Waals surface area contributed by atoms with Crippen molar-refractivity contribution in [3.05, 3.63) is 0 Å². The first-order valence-corrected chi connectivity index (χ1v) is 4.72. The van der Waals surface area contributed by atoms with Crippen molar-refractivity contribution in [1.82, 2.24) is 10.4 Å². The predicted molar refractivity (Wildman–Crippen MR) is 50.1 cm³/mol. The number of carbonyl (C=O) groups excluding carboxylic acids is 1. The Labute approximate surface area is 79.2 Å². The molecule has 0 bridgehead atoms. The van der Waals surface area contributed by atoms with Crippen LogP contribution < -0.4 is 5.48 Å². The summed E-state index contributed by atoms with van der Waals surface area (Å²) < 4.78 is 0. The normalized spacial score (nSPS) is 20.4. The van der Waals surface area contributed by atoms with E-state index in [1.54, 1.807) is 4.90 Å². The van der Waals surface area contributed by atoms with Crippen LogP contribution in [-0.4, -0.2) is 30.6 Å². The third-order valence-electron chi connectivity index (χ3n) is 2.27. The molecule has 0 spiro atoms. The van der Waals surface area contributed by atoms with Crippen LogP contribution in [-0.2, 0) is 4.84 Å². The fourth-order valence-electron chi connectivity index (χ4n) is 1.48. The highest BCUT2D eigenvalue weighted by molar-refractivity contribution is 5.73. The van der Waals surface area contributed by atoms with Crippen LogP contribution in [0.15, 0.2) is 0 Å². The number of amides is 2. The maximum Gasteiger partial charge on any atom is 0.341 e. The van der Waals surface area contributed by atoms with Gasteiger partial charge in [-0.2, -0.15) is 0 Å². The van der Waals surface area contributed by atoms with Crippen LogP contribution >= 0.6 is 0 Å². The highest BCUT2D eigenvalue weighted by Crippen LogP contribution is 2.28. The van der Waals surface area contributed by atoms with Crippen LogP contribution in [0, 0.1) is 5.41 Å². The van der Waals surface area contributed by atoms with E-state index >= 15 is 0 Å². The molecule has 1 fully saturated rings. The van der Waals surface area contributed by atoms with E-state index in [4.69, 9.17) is 4.84 Å². The van der Waals surface area contributed by atoms with Gasteiger partial charge in [0.2, 0.25) is 0 Å². The van der Waals surface area contributed by atoms with Crippen molar-refractivity contribution in [2.75, 3.05) is 19.7 Å². The van der Waals surface area contributed by atoms with E-state index in [0.717, 1.165) is 19.5 Å². The highest BCUT2D eigenvalue weighted by Gasteiger charge is 2.31. The van der Waals surface area contributed by atoms with Crippen molar-refractivity contribution in [1.29, 1.82) is 0 Å². The second-order valence-electron chi connectivity index (χ2n) is 4.18. The summed E-state index contributed by atoms with van der Waals surface area (Å²) in [7, 11) is 0. The maximum absolute atomic E-state index is 11.4. The molecule has 76 valence electrons. The average molecular weight is 186 g/mol. The molecule has 4 nitrogen and oxygen atoms in total. The van der Waals surface area contributed by atoms with E-state index in [9.17, 15) is 4.79 Å². The Morgan fingerprint density at radius 3 is 2.77 bits per heavy atom. The number of likely N-dealkylation sites (tertiary alicyclic amines) is 1. The minimum atomic E-state index is -0.118. The van der Waals surface area contributed by atoms with Crippen LogP contribution in [0.3, 0.4) is 0 Å². The third-order valence-corrected chi connectivity index (χ3v) is 2.27. The smallest absolute Gasteiger partial charge is 0.322 e. The van der Waals surface area contributed by atoms with Gasteiger partial charge in [0.05, 0.1) is 6.61 Å². The number of nitrogens with zero attached hydrogens (tertiary/aromatic N) is 1. The summed E-state index contributed by atoms with van der Waals surface area (Å²) in [4.78, 5) is 18.0. The first kappa shape index (κ1) is 10.3. The summed E-state index contributed by atoms with van der Waals surface area (Å²) in [5.74, 6) is 0. The predicted octanol–water partition coefficient (Wildman–Crippen LogP) is 1.38. The summed E-state index contributed by atoms with van der Waals surface area (Å²) >= 11 is 0. The SMILES string of the molecule is CCONC(=O)N1CCC(C)(C)C1.